The highest BCUT2D eigenvalue weighted by molar-refractivity contribution is 5.80. The van der Waals surface area contributed by atoms with Gasteiger partial charge >= 0.3 is 0 Å². The Balaban J connectivity index is 1.56. The Bertz CT molecular complexity index is 934. The second kappa shape index (κ2) is 10.3. The van der Waals surface area contributed by atoms with Gasteiger partial charge in [-0.05, 0) is 55.0 Å². The van der Waals surface area contributed by atoms with Gasteiger partial charge in [-0.3, -0.25) is 9.59 Å². The molecule has 166 valence electrons. The first kappa shape index (κ1) is 22.6. The van der Waals surface area contributed by atoms with Crippen LogP contribution in [0.5, 0.6) is 11.5 Å². The minimum atomic E-state index is -0.514. The summed E-state index contributed by atoms with van der Waals surface area (Å²) < 4.78 is 24.1. The van der Waals surface area contributed by atoms with E-state index in [4.69, 9.17) is 9.47 Å². The number of carbonyl (C=O) groups excluding carboxylic acids is 2. The summed E-state index contributed by atoms with van der Waals surface area (Å²) in [5, 5.41) is 6.00. The number of halogens is 1. The summed E-state index contributed by atoms with van der Waals surface area (Å²) in [5.41, 5.74) is 1.38. The van der Waals surface area contributed by atoms with E-state index in [0.29, 0.717) is 45.1 Å². The van der Waals surface area contributed by atoms with E-state index in [0.717, 1.165) is 16.9 Å². The molecule has 1 aliphatic heterocycles. The summed E-state index contributed by atoms with van der Waals surface area (Å²) in [4.78, 5) is 24.4. The lowest BCUT2D eigenvalue weighted by atomic mass is 9.85. The maximum Gasteiger partial charge on any atom is 0.220 e. The highest BCUT2D eigenvalue weighted by Crippen LogP contribution is 2.31. The second-order valence-corrected chi connectivity index (χ2v) is 7.89. The molecule has 2 aromatic rings. The van der Waals surface area contributed by atoms with Gasteiger partial charge in [-0.15, -0.1) is 0 Å². The Hall–Kier alpha value is -3.09. The van der Waals surface area contributed by atoms with E-state index in [9.17, 15) is 14.0 Å². The molecule has 0 aromatic heterocycles. The number of nitrogens with one attached hydrogen (secondary N) is 2. The van der Waals surface area contributed by atoms with E-state index in [-0.39, 0.29) is 17.6 Å². The van der Waals surface area contributed by atoms with Crippen LogP contribution in [0.1, 0.15) is 36.8 Å². The predicted molar refractivity (Wildman–Crippen MR) is 116 cm³/mol. The van der Waals surface area contributed by atoms with E-state index in [1.807, 2.05) is 24.3 Å². The normalized spacial score (nSPS) is 17.8. The summed E-state index contributed by atoms with van der Waals surface area (Å²) in [6, 6.07) is 12.4. The van der Waals surface area contributed by atoms with Crippen LogP contribution in [0, 0.1) is 5.82 Å². The van der Waals surface area contributed by atoms with Crippen molar-refractivity contribution in [1.29, 1.82) is 0 Å². The second-order valence-electron chi connectivity index (χ2n) is 7.89. The number of methoxy groups -OCH3 is 2. The number of carbonyl (C=O) groups is 2. The monoisotopic (exact) mass is 428 g/mol. The molecule has 31 heavy (non-hydrogen) atoms. The average Bonchev–Trinajstić information content (AvgIpc) is 3.14. The first-order chi connectivity index (χ1) is 14.9. The van der Waals surface area contributed by atoms with Gasteiger partial charge in [0.2, 0.25) is 11.8 Å². The average molecular weight is 429 g/mol. The highest BCUT2D eigenvalue weighted by Gasteiger charge is 2.38. The van der Waals surface area contributed by atoms with Gasteiger partial charge in [0.05, 0.1) is 14.2 Å². The number of para-hydroxylation sites is 1. The summed E-state index contributed by atoms with van der Waals surface area (Å²) >= 11 is 0. The number of amides is 2. The third-order valence-electron chi connectivity index (χ3n) is 5.73. The summed E-state index contributed by atoms with van der Waals surface area (Å²) in [5.74, 6) is 0.466. The van der Waals surface area contributed by atoms with Crippen LogP contribution < -0.4 is 20.1 Å². The first-order valence-corrected chi connectivity index (χ1v) is 10.5. The zero-order valence-corrected chi connectivity index (χ0v) is 18.0. The van der Waals surface area contributed by atoms with Crippen molar-refractivity contribution >= 4 is 11.8 Å². The lowest BCUT2D eigenvalue weighted by Crippen LogP contribution is -2.44. The Morgan fingerprint density at radius 2 is 1.94 bits per heavy atom. The lowest BCUT2D eigenvalue weighted by molar-refractivity contribution is -0.122. The minimum absolute atomic E-state index is 0.0225. The molecule has 0 unspecified atom stereocenters. The van der Waals surface area contributed by atoms with Crippen molar-refractivity contribution in [3.8, 4) is 11.5 Å². The van der Waals surface area contributed by atoms with Crippen LogP contribution in [-0.2, 0) is 22.4 Å². The van der Waals surface area contributed by atoms with E-state index < -0.39 is 11.4 Å². The van der Waals surface area contributed by atoms with Gasteiger partial charge in [0.25, 0.3) is 0 Å². The molecular weight excluding hydrogens is 399 g/mol. The Kier molecular flexibility index (Phi) is 7.50. The van der Waals surface area contributed by atoms with Crippen LogP contribution >= 0.6 is 0 Å². The number of hydrogen-bond donors (Lipinski definition) is 2. The molecule has 0 saturated carbocycles. The maximum absolute atomic E-state index is 13.7. The van der Waals surface area contributed by atoms with Gasteiger partial charge in [-0.2, -0.15) is 0 Å². The van der Waals surface area contributed by atoms with Crippen LogP contribution in [0.3, 0.4) is 0 Å². The van der Waals surface area contributed by atoms with Crippen molar-refractivity contribution < 1.29 is 23.5 Å². The number of hydrogen-bond acceptors (Lipinski definition) is 4. The molecule has 2 amide bonds. The van der Waals surface area contributed by atoms with E-state index in [1.165, 1.54) is 13.2 Å². The molecule has 0 radical (unpaired) electrons. The standard InChI is InChI=1S/C24H29FN2O4/c1-30-20-6-4-3-5-18(20)11-14-26-22(28)9-12-24(13-10-23(29)27-24)16-17-7-8-19(25)21(15-17)31-2/h3-8,15H,9-14,16H2,1-2H3,(H,26,28)(H,27,29)/t24-/m1/s1. The fraction of sp³-hybridized carbons (Fsp3) is 0.417. The van der Waals surface area contributed by atoms with Crippen molar-refractivity contribution in [3.05, 3.63) is 59.4 Å². The van der Waals surface area contributed by atoms with Crippen LogP contribution in [0.2, 0.25) is 0 Å². The highest BCUT2D eigenvalue weighted by atomic mass is 19.1. The lowest BCUT2D eigenvalue weighted by Gasteiger charge is -2.29. The molecule has 2 N–H and O–H groups in total. The van der Waals surface area contributed by atoms with Gasteiger partial charge in [-0.1, -0.05) is 24.3 Å². The Labute approximate surface area is 182 Å². The van der Waals surface area contributed by atoms with Gasteiger partial charge in [0.1, 0.15) is 5.75 Å². The fourth-order valence-electron chi connectivity index (χ4n) is 4.07. The van der Waals surface area contributed by atoms with Crippen molar-refractivity contribution in [1.82, 2.24) is 10.6 Å². The van der Waals surface area contributed by atoms with Gasteiger partial charge < -0.3 is 20.1 Å². The van der Waals surface area contributed by atoms with E-state index >= 15 is 0 Å². The van der Waals surface area contributed by atoms with Gasteiger partial charge in [0.15, 0.2) is 11.6 Å². The maximum atomic E-state index is 13.7. The molecule has 3 rings (SSSR count). The molecule has 1 aliphatic rings. The molecule has 1 saturated heterocycles. The molecule has 0 aliphatic carbocycles. The molecule has 2 aromatic carbocycles. The zero-order valence-electron chi connectivity index (χ0n) is 18.0. The van der Waals surface area contributed by atoms with Crippen molar-refractivity contribution in [2.45, 2.75) is 44.1 Å². The summed E-state index contributed by atoms with van der Waals surface area (Å²) in [6.07, 6.45) is 3.06. The van der Waals surface area contributed by atoms with Crippen molar-refractivity contribution in [2.24, 2.45) is 0 Å². The third kappa shape index (κ3) is 5.96. The number of rotatable bonds is 10. The van der Waals surface area contributed by atoms with Crippen LogP contribution in [0.4, 0.5) is 4.39 Å². The van der Waals surface area contributed by atoms with Crippen LogP contribution in [0.15, 0.2) is 42.5 Å². The minimum Gasteiger partial charge on any atom is -0.496 e. The quantitative estimate of drug-likeness (QED) is 0.610. The van der Waals surface area contributed by atoms with Crippen LogP contribution in [-0.4, -0.2) is 38.1 Å². The Morgan fingerprint density at radius 3 is 2.65 bits per heavy atom. The molecule has 6 nitrogen and oxygen atoms in total. The summed E-state index contributed by atoms with van der Waals surface area (Å²) in [7, 11) is 3.05. The zero-order chi connectivity index (χ0) is 22.3. The Morgan fingerprint density at radius 1 is 1.16 bits per heavy atom. The van der Waals surface area contributed by atoms with E-state index in [1.54, 1.807) is 19.2 Å². The number of ether oxygens (including phenoxy) is 2. The topological polar surface area (TPSA) is 76.7 Å². The predicted octanol–water partition coefficient (Wildman–Crippen LogP) is 3.17. The van der Waals surface area contributed by atoms with Gasteiger partial charge in [0, 0.05) is 24.9 Å². The molecule has 1 heterocycles. The van der Waals surface area contributed by atoms with Crippen molar-refractivity contribution in [3.63, 3.8) is 0 Å². The largest absolute Gasteiger partial charge is 0.496 e. The first-order valence-electron chi connectivity index (χ1n) is 10.5. The summed E-state index contributed by atoms with van der Waals surface area (Å²) in [6.45, 7) is 0.508. The fourth-order valence-corrected chi connectivity index (χ4v) is 4.07. The SMILES string of the molecule is COc1cc(C[C@@]2(CCC(=O)NCCc3ccccc3OC)CCC(=O)N2)ccc1F. The molecule has 0 spiro atoms. The van der Waals surface area contributed by atoms with Gasteiger partial charge in [-0.25, -0.2) is 4.39 Å². The molecular formula is C24H29FN2O4. The third-order valence-corrected chi connectivity index (χ3v) is 5.73. The molecule has 7 heteroatoms. The van der Waals surface area contributed by atoms with E-state index in [2.05, 4.69) is 10.6 Å². The molecule has 1 fully saturated rings. The van der Waals surface area contributed by atoms with Crippen molar-refractivity contribution in [2.75, 3.05) is 20.8 Å². The molecule has 0 bridgehead atoms. The van der Waals surface area contributed by atoms with Crippen LogP contribution in [0.25, 0.3) is 0 Å². The molecule has 1 atom stereocenters. The number of benzene rings is 2. The smallest absolute Gasteiger partial charge is 0.220 e.